The summed E-state index contributed by atoms with van der Waals surface area (Å²) in [6.07, 6.45) is 1.66. The van der Waals surface area contributed by atoms with E-state index in [0.29, 0.717) is 28.0 Å². The summed E-state index contributed by atoms with van der Waals surface area (Å²) in [4.78, 5) is 22.2. The molecule has 3 aromatic heterocycles. The van der Waals surface area contributed by atoms with Crippen molar-refractivity contribution in [2.24, 2.45) is 0 Å². The highest BCUT2D eigenvalue weighted by atomic mass is 32.1. The first-order chi connectivity index (χ1) is 15.6. The number of anilines is 1. The molecule has 11 heteroatoms. The van der Waals surface area contributed by atoms with E-state index in [1.54, 1.807) is 16.8 Å². The number of ether oxygens (including phenoxy) is 1. The number of hydrogen-bond donors (Lipinski definition) is 5. The minimum atomic E-state index is -1.69. The number of nitrogen functional groups attached to an aromatic ring is 1. The molecule has 4 atom stereocenters. The Morgan fingerprint density at radius 3 is 2.82 bits per heavy atom. The Morgan fingerprint density at radius 1 is 1.39 bits per heavy atom. The van der Waals surface area contributed by atoms with Gasteiger partial charge < -0.3 is 35.7 Å². The van der Waals surface area contributed by atoms with Gasteiger partial charge >= 0.3 is 0 Å². The number of rotatable bonds is 6. The number of allylic oxidation sites excluding steroid dienone is 1. The van der Waals surface area contributed by atoms with Crippen LogP contribution in [0.3, 0.4) is 0 Å². The monoisotopic (exact) mass is 473 g/mol. The molecule has 0 spiro atoms. The van der Waals surface area contributed by atoms with Crippen molar-refractivity contribution in [3.05, 3.63) is 41.2 Å². The zero-order chi connectivity index (χ0) is 23.9. The second-order valence-electron chi connectivity index (χ2n) is 8.44. The first-order valence-electron chi connectivity index (χ1n) is 10.4. The van der Waals surface area contributed by atoms with Crippen LogP contribution >= 0.6 is 11.3 Å². The smallest absolute Gasteiger partial charge is 0.261 e. The molecule has 0 aliphatic carbocycles. The molecule has 6 N–H and O–H groups in total. The van der Waals surface area contributed by atoms with Gasteiger partial charge in [-0.05, 0) is 32.9 Å². The fourth-order valence-electron chi connectivity index (χ4n) is 3.90. The van der Waals surface area contributed by atoms with Crippen LogP contribution in [0.2, 0.25) is 0 Å². The van der Waals surface area contributed by atoms with Gasteiger partial charge in [0, 0.05) is 23.2 Å². The average molecular weight is 474 g/mol. The Kier molecular flexibility index (Phi) is 6.25. The van der Waals surface area contributed by atoms with Crippen molar-refractivity contribution in [1.29, 1.82) is 0 Å². The van der Waals surface area contributed by atoms with Gasteiger partial charge in [-0.2, -0.15) is 0 Å². The maximum Gasteiger partial charge on any atom is 0.261 e. The van der Waals surface area contributed by atoms with Crippen LogP contribution in [0.5, 0.6) is 0 Å². The third-order valence-electron chi connectivity index (χ3n) is 5.69. The lowest BCUT2D eigenvalue weighted by atomic mass is 9.96. The van der Waals surface area contributed by atoms with E-state index in [0.717, 1.165) is 10.5 Å². The summed E-state index contributed by atoms with van der Waals surface area (Å²) in [5.74, 6) is 0.0429. The quantitative estimate of drug-likeness (QED) is 0.337. The van der Waals surface area contributed by atoms with Gasteiger partial charge in [-0.25, -0.2) is 9.97 Å². The molecular weight excluding hydrogens is 446 g/mol. The Labute approximate surface area is 194 Å². The van der Waals surface area contributed by atoms with Crippen molar-refractivity contribution in [2.45, 2.75) is 44.8 Å². The van der Waals surface area contributed by atoms with Crippen LogP contribution in [0.25, 0.3) is 21.5 Å². The number of carbonyl (C=O) groups is 1. The predicted molar refractivity (Wildman–Crippen MR) is 125 cm³/mol. The van der Waals surface area contributed by atoms with E-state index in [-0.39, 0.29) is 11.7 Å². The highest BCUT2D eigenvalue weighted by Gasteiger charge is 2.53. The number of amides is 1. The van der Waals surface area contributed by atoms with E-state index in [4.69, 9.17) is 10.5 Å². The molecule has 33 heavy (non-hydrogen) atoms. The maximum absolute atomic E-state index is 12.5. The molecule has 1 aliphatic heterocycles. The summed E-state index contributed by atoms with van der Waals surface area (Å²) < 4.78 is 7.35. The number of hydrogen-bond acceptors (Lipinski definition) is 9. The second kappa shape index (κ2) is 8.84. The highest BCUT2D eigenvalue weighted by Crippen LogP contribution is 2.43. The molecule has 1 saturated heterocycles. The molecule has 4 unspecified atom stereocenters. The van der Waals surface area contributed by atoms with Gasteiger partial charge in [0.05, 0.1) is 16.9 Å². The normalized spacial score (nSPS) is 24.8. The van der Waals surface area contributed by atoms with Crippen molar-refractivity contribution in [3.8, 4) is 10.4 Å². The summed E-state index contributed by atoms with van der Waals surface area (Å²) in [7, 11) is 0. The van der Waals surface area contributed by atoms with Crippen molar-refractivity contribution in [3.63, 3.8) is 0 Å². The fourth-order valence-corrected chi connectivity index (χ4v) is 4.84. The lowest BCUT2D eigenvalue weighted by Crippen LogP contribution is -2.44. The second-order valence-corrected chi connectivity index (χ2v) is 9.53. The van der Waals surface area contributed by atoms with Gasteiger partial charge in [0.2, 0.25) is 0 Å². The summed E-state index contributed by atoms with van der Waals surface area (Å²) in [5.41, 5.74) is 6.66. The third-order valence-corrected chi connectivity index (χ3v) is 6.81. The Bertz CT molecular complexity index is 1210. The molecule has 1 amide bonds. The molecule has 0 aromatic carbocycles. The minimum Gasteiger partial charge on any atom is -0.394 e. The van der Waals surface area contributed by atoms with Crippen molar-refractivity contribution in [2.75, 3.05) is 18.9 Å². The van der Waals surface area contributed by atoms with Crippen LogP contribution in [0, 0.1) is 0 Å². The van der Waals surface area contributed by atoms with Crippen LogP contribution in [-0.4, -0.2) is 66.7 Å². The summed E-state index contributed by atoms with van der Waals surface area (Å²) in [6.45, 7) is 5.36. The van der Waals surface area contributed by atoms with Gasteiger partial charge in [0.1, 0.15) is 35.6 Å². The van der Waals surface area contributed by atoms with E-state index in [9.17, 15) is 20.1 Å². The number of fused-ring (bicyclic) bond motifs is 1. The summed E-state index contributed by atoms with van der Waals surface area (Å²) >= 11 is 1.29. The standard InChI is InChI=1S/C22H27N5O5S/c1-11(2)6-7-24-20(30)15-5-4-14(33-15)12-8-27(19-16(12)18(23)25-10-26-19)21-22(3,31)17(29)13(9-28)32-21/h4-6,8,10,13,17,21,28-29,31H,7,9H2,1-3H3,(H,24,30)(H2,23,25,26). The Hall–Kier alpha value is -2.83. The number of thiophene rings is 1. The lowest BCUT2D eigenvalue weighted by molar-refractivity contribution is -0.0948. The molecule has 1 fully saturated rings. The van der Waals surface area contributed by atoms with Crippen LogP contribution in [0.1, 0.15) is 36.7 Å². The van der Waals surface area contributed by atoms with Crippen LogP contribution < -0.4 is 11.1 Å². The van der Waals surface area contributed by atoms with Gasteiger partial charge in [-0.1, -0.05) is 11.6 Å². The number of nitrogens with zero attached hydrogens (tertiary/aromatic N) is 3. The predicted octanol–water partition coefficient (Wildman–Crippen LogP) is 1.44. The first kappa shape index (κ1) is 23.3. The van der Waals surface area contributed by atoms with Crippen molar-refractivity contribution >= 4 is 34.1 Å². The molecule has 3 aromatic rings. The van der Waals surface area contributed by atoms with Crippen molar-refractivity contribution < 1.29 is 24.9 Å². The van der Waals surface area contributed by atoms with E-state index in [1.165, 1.54) is 24.6 Å². The number of aliphatic hydroxyl groups is 3. The molecule has 1 aliphatic rings. The third kappa shape index (κ3) is 4.13. The lowest BCUT2D eigenvalue weighted by Gasteiger charge is -2.27. The average Bonchev–Trinajstić information content (AvgIpc) is 3.44. The van der Waals surface area contributed by atoms with Gasteiger partial charge in [-0.3, -0.25) is 4.79 Å². The van der Waals surface area contributed by atoms with E-state index >= 15 is 0 Å². The van der Waals surface area contributed by atoms with Crippen LogP contribution in [0.15, 0.2) is 36.3 Å². The SMILES string of the molecule is CC(C)=CCNC(=O)c1ccc(-c2cn(C3OC(CO)C(O)C3(C)O)c3ncnc(N)c23)s1. The molecule has 10 nitrogen and oxygen atoms in total. The van der Waals surface area contributed by atoms with Crippen molar-refractivity contribution in [1.82, 2.24) is 19.9 Å². The van der Waals surface area contributed by atoms with Gasteiger partial charge in [0.25, 0.3) is 5.91 Å². The van der Waals surface area contributed by atoms with E-state index in [1.807, 2.05) is 26.0 Å². The highest BCUT2D eigenvalue weighted by molar-refractivity contribution is 7.17. The number of aliphatic hydroxyl groups excluding tert-OH is 2. The zero-order valence-corrected chi connectivity index (χ0v) is 19.3. The summed E-state index contributed by atoms with van der Waals surface area (Å²) in [5, 5.41) is 34.3. The molecule has 176 valence electrons. The zero-order valence-electron chi connectivity index (χ0n) is 18.5. The summed E-state index contributed by atoms with van der Waals surface area (Å²) in [6, 6.07) is 3.54. The number of nitrogens with one attached hydrogen (secondary N) is 1. The largest absolute Gasteiger partial charge is 0.394 e. The van der Waals surface area contributed by atoms with Crippen LogP contribution in [-0.2, 0) is 4.74 Å². The first-order valence-corrected chi connectivity index (χ1v) is 11.3. The molecule has 0 saturated carbocycles. The molecular formula is C22H27N5O5S. The Balaban J connectivity index is 1.75. The fraction of sp³-hybridized carbons (Fsp3) is 0.409. The minimum absolute atomic E-state index is 0.187. The molecule has 0 bridgehead atoms. The number of carbonyl (C=O) groups excluding carboxylic acids is 1. The van der Waals surface area contributed by atoms with Crippen LogP contribution in [0.4, 0.5) is 5.82 Å². The van der Waals surface area contributed by atoms with E-state index in [2.05, 4.69) is 15.3 Å². The topological polar surface area (TPSA) is 156 Å². The van der Waals surface area contributed by atoms with Gasteiger partial charge in [0.15, 0.2) is 6.23 Å². The van der Waals surface area contributed by atoms with E-state index < -0.39 is 30.6 Å². The number of nitrogens with two attached hydrogens (primary N) is 1. The molecule has 0 radical (unpaired) electrons. The maximum atomic E-state index is 12.5. The molecule has 4 heterocycles. The molecule has 4 rings (SSSR count). The Morgan fingerprint density at radius 2 is 2.15 bits per heavy atom. The number of aromatic nitrogens is 3. The van der Waals surface area contributed by atoms with Gasteiger partial charge in [-0.15, -0.1) is 11.3 Å².